The fraction of sp³-hybridized carbons (Fsp3) is 0.360. The second-order valence-electron chi connectivity index (χ2n) is 8.04. The van der Waals surface area contributed by atoms with Gasteiger partial charge in [0.2, 0.25) is 0 Å². The molecule has 0 saturated carbocycles. The number of nitrogens with one attached hydrogen (secondary N) is 2. The van der Waals surface area contributed by atoms with E-state index in [9.17, 15) is 9.59 Å². The number of benzene rings is 2. The Morgan fingerprint density at radius 1 is 1.16 bits per heavy atom. The number of esters is 1. The molecule has 3 atom stereocenters. The molecular formula is C25H28N2O4. The minimum atomic E-state index is -0.380. The summed E-state index contributed by atoms with van der Waals surface area (Å²) in [6, 6.07) is 11.7. The Balaban J connectivity index is 1.65. The van der Waals surface area contributed by atoms with Crippen LogP contribution in [0.2, 0.25) is 0 Å². The summed E-state index contributed by atoms with van der Waals surface area (Å²) in [6.45, 7) is 4.09. The molecule has 0 saturated heterocycles. The number of rotatable bonds is 6. The molecule has 2 aliphatic rings. The van der Waals surface area contributed by atoms with E-state index in [0.717, 1.165) is 29.7 Å². The van der Waals surface area contributed by atoms with Crippen LogP contribution in [-0.2, 0) is 4.79 Å². The van der Waals surface area contributed by atoms with Crippen LogP contribution in [0.5, 0.6) is 11.5 Å². The molecular weight excluding hydrogens is 392 g/mol. The first kappa shape index (κ1) is 21.0. The van der Waals surface area contributed by atoms with Crippen molar-refractivity contribution in [2.45, 2.75) is 38.6 Å². The fourth-order valence-corrected chi connectivity index (χ4v) is 4.52. The zero-order valence-corrected chi connectivity index (χ0v) is 18.1. The van der Waals surface area contributed by atoms with E-state index in [0.29, 0.717) is 29.5 Å². The third kappa shape index (κ3) is 4.15. The number of methoxy groups -OCH3 is 1. The Labute approximate surface area is 182 Å². The molecule has 162 valence electrons. The maximum absolute atomic E-state index is 12.4. The zero-order valence-electron chi connectivity index (χ0n) is 18.1. The standard InChI is InChI=1S/C25H28N2O4/c1-4-12-26-25(29)17-8-10-21-20(13-17)18-6-5-7-19(18)24(27-21)16-9-11-22(31-15(2)28)23(14-16)30-3/h5-6,8-11,13-14,18-19,24,27H,4,7,12H2,1-3H3,(H,26,29). The molecule has 31 heavy (non-hydrogen) atoms. The molecule has 0 bridgehead atoms. The smallest absolute Gasteiger partial charge is 0.308 e. The Morgan fingerprint density at radius 3 is 2.74 bits per heavy atom. The largest absolute Gasteiger partial charge is 0.493 e. The van der Waals surface area contributed by atoms with Gasteiger partial charge < -0.3 is 20.1 Å². The van der Waals surface area contributed by atoms with Gasteiger partial charge in [-0.3, -0.25) is 9.59 Å². The topological polar surface area (TPSA) is 76.7 Å². The van der Waals surface area contributed by atoms with Gasteiger partial charge in [0.05, 0.1) is 13.2 Å². The SMILES string of the molecule is CCCNC(=O)c1ccc2c(c1)C1C=CCC1C(c1ccc(OC(C)=O)c(OC)c1)N2. The number of anilines is 1. The van der Waals surface area contributed by atoms with Gasteiger partial charge in [0.1, 0.15) is 0 Å². The number of amides is 1. The maximum atomic E-state index is 12.4. The monoisotopic (exact) mass is 420 g/mol. The molecule has 1 heterocycles. The second-order valence-corrected chi connectivity index (χ2v) is 8.04. The van der Waals surface area contributed by atoms with Gasteiger partial charge in [-0.2, -0.15) is 0 Å². The van der Waals surface area contributed by atoms with E-state index in [1.807, 2.05) is 37.3 Å². The Kier molecular flexibility index (Phi) is 5.98. The number of ether oxygens (including phenoxy) is 2. The van der Waals surface area contributed by atoms with Crippen LogP contribution < -0.4 is 20.1 Å². The molecule has 3 unspecified atom stereocenters. The molecule has 0 fully saturated rings. The van der Waals surface area contributed by atoms with Crippen molar-refractivity contribution >= 4 is 17.6 Å². The van der Waals surface area contributed by atoms with E-state index in [4.69, 9.17) is 9.47 Å². The molecule has 0 spiro atoms. The molecule has 2 aromatic rings. The first-order valence-electron chi connectivity index (χ1n) is 10.7. The molecule has 1 aliphatic carbocycles. The van der Waals surface area contributed by atoms with Gasteiger partial charge >= 0.3 is 5.97 Å². The van der Waals surface area contributed by atoms with Gasteiger partial charge in [-0.25, -0.2) is 0 Å². The summed E-state index contributed by atoms with van der Waals surface area (Å²) in [4.78, 5) is 23.8. The van der Waals surface area contributed by atoms with Gasteiger partial charge in [-0.15, -0.1) is 0 Å². The first-order valence-corrected chi connectivity index (χ1v) is 10.7. The minimum Gasteiger partial charge on any atom is -0.493 e. The van der Waals surface area contributed by atoms with Crippen molar-refractivity contribution in [3.05, 3.63) is 65.2 Å². The van der Waals surface area contributed by atoms with Crippen LogP contribution in [0.1, 0.15) is 60.1 Å². The van der Waals surface area contributed by atoms with Crippen LogP contribution in [0.15, 0.2) is 48.6 Å². The van der Waals surface area contributed by atoms with Crippen LogP contribution in [-0.4, -0.2) is 25.5 Å². The average Bonchev–Trinajstić information content (AvgIpc) is 3.27. The highest BCUT2D eigenvalue weighted by molar-refractivity contribution is 5.95. The van der Waals surface area contributed by atoms with Crippen molar-refractivity contribution in [2.75, 3.05) is 19.0 Å². The van der Waals surface area contributed by atoms with Crippen molar-refractivity contribution in [3.8, 4) is 11.5 Å². The lowest BCUT2D eigenvalue weighted by atomic mass is 9.76. The average molecular weight is 421 g/mol. The van der Waals surface area contributed by atoms with E-state index < -0.39 is 0 Å². The molecule has 6 nitrogen and oxygen atoms in total. The molecule has 0 radical (unpaired) electrons. The first-order chi connectivity index (χ1) is 15.0. The summed E-state index contributed by atoms with van der Waals surface area (Å²) in [5, 5.41) is 6.62. The number of allylic oxidation sites excluding steroid dienone is 2. The molecule has 4 rings (SSSR count). The highest BCUT2D eigenvalue weighted by Crippen LogP contribution is 2.50. The highest BCUT2D eigenvalue weighted by Gasteiger charge is 2.38. The Hall–Kier alpha value is -3.28. The van der Waals surface area contributed by atoms with Crippen LogP contribution in [0, 0.1) is 5.92 Å². The summed E-state index contributed by atoms with van der Waals surface area (Å²) in [5.74, 6) is 1.10. The van der Waals surface area contributed by atoms with E-state index in [-0.39, 0.29) is 23.8 Å². The molecule has 0 aromatic heterocycles. The summed E-state index contributed by atoms with van der Waals surface area (Å²) in [6.07, 6.45) is 6.32. The third-order valence-electron chi connectivity index (χ3n) is 5.96. The van der Waals surface area contributed by atoms with E-state index in [1.165, 1.54) is 6.92 Å². The minimum absolute atomic E-state index is 0.0314. The van der Waals surface area contributed by atoms with Gasteiger partial charge in [0.25, 0.3) is 5.91 Å². The lowest BCUT2D eigenvalue weighted by Gasteiger charge is -2.38. The van der Waals surface area contributed by atoms with Crippen LogP contribution in [0.3, 0.4) is 0 Å². The fourth-order valence-electron chi connectivity index (χ4n) is 4.52. The van der Waals surface area contributed by atoms with Crippen molar-refractivity contribution < 1.29 is 19.1 Å². The summed E-state index contributed by atoms with van der Waals surface area (Å²) in [7, 11) is 1.57. The quantitative estimate of drug-likeness (QED) is 0.406. The number of hydrogen-bond donors (Lipinski definition) is 2. The summed E-state index contributed by atoms with van der Waals surface area (Å²) >= 11 is 0. The number of fused-ring (bicyclic) bond motifs is 3. The molecule has 1 amide bonds. The van der Waals surface area contributed by atoms with Crippen LogP contribution in [0.25, 0.3) is 0 Å². The second kappa shape index (κ2) is 8.84. The van der Waals surface area contributed by atoms with E-state index in [1.54, 1.807) is 13.2 Å². The zero-order chi connectivity index (χ0) is 22.0. The predicted molar refractivity (Wildman–Crippen MR) is 120 cm³/mol. The molecule has 2 aromatic carbocycles. The summed E-state index contributed by atoms with van der Waals surface area (Å²) < 4.78 is 10.7. The summed E-state index contributed by atoms with van der Waals surface area (Å²) in [5.41, 5.74) is 3.95. The third-order valence-corrected chi connectivity index (χ3v) is 5.96. The highest BCUT2D eigenvalue weighted by atomic mass is 16.6. The molecule has 6 heteroatoms. The van der Waals surface area contributed by atoms with Gasteiger partial charge in [-0.05, 0) is 60.2 Å². The van der Waals surface area contributed by atoms with Gasteiger partial charge in [0, 0.05) is 30.6 Å². The van der Waals surface area contributed by atoms with Crippen molar-refractivity contribution in [2.24, 2.45) is 5.92 Å². The molecule has 2 N–H and O–H groups in total. The predicted octanol–water partition coefficient (Wildman–Crippen LogP) is 4.59. The number of hydrogen-bond acceptors (Lipinski definition) is 5. The van der Waals surface area contributed by atoms with Gasteiger partial charge in [0.15, 0.2) is 11.5 Å². The Morgan fingerprint density at radius 2 is 2.00 bits per heavy atom. The van der Waals surface area contributed by atoms with Crippen molar-refractivity contribution in [3.63, 3.8) is 0 Å². The lowest BCUT2D eigenvalue weighted by Crippen LogP contribution is -2.30. The lowest BCUT2D eigenvalue weighted by molar-refractivity contribution is -0.132. The Bertz CT molecular complexity index is 1030. The van der Waals surface area contributed by atoms with Crippen molar-refractivity contribution in [1.29, 1.82) is 0 Å². The molecule has 1 aliphatic heterocycles. The maximum Gasteiger partial charge on any atom is 0.308 e. The van der Waals surface area contributed by atoms with Gasteiger partial charge in [-0.1, -0.05) is 25.1 Å². The van der Waals surface area contributed by atoms with Crippen LogP contribution >= 0.6 is 0 Å². The van der Waals surface area contributed by atoms with Crippen molar-refractivity contribution in [1.82, 2.24) is 5.32 Å². The van der Waals surface area contributed by atoms with Crippen LogP contribution in [0.4, 0.5) is 5.69 Å². The number of carbonyl (C=O) groups is 2. The number of carbonyl (C=O) groups excluding carboxylic acids is 2. The van der Waals surface area contributed by atoms with E-state index in [2.05, 4.69) is 22.8 Å². The van der Waals surface area contributed by atoms with E-state index >= 15 is 0 Å². The normalized spacial score (nSPS) is 20.9.